The van der Waals surface area contributed by atoms with Crippen molar-refractivity contribution in [3.63, 3.8) is 0 Å². The normalized spacial score (nSPS) is 14.9. The minimum atomic E-state index is -2.20. The second-order valence-corrected chi connectivity index (χ2v) is 3.73. The lowest BCUT2D eigenvalue weighted by atomic mass is 10.0. The van der Waals surface area contributed by atoms with Gasteiger partial charge in [-0.3, -0.25) is 4.79 Å². The number of nitrogens with two attached hydrogens (primary N) is 1. The van der Waals surface area contributed by atoms with Crippen molar-refractivity contribution in [2.45, 2.75) is 6.42 Å². The van der Waals surface area contributed by atoms with Crippen LogP contribution >= 0.6 is 0 Å². The molecule has 74 valence electrons. The van der Waals surface area contributed by atoms with Gasteiger partial charge in [-0.05, 0) is 11.6 Å². The molecule has 0 saturated carbocycles. The Kier molecular flexibility index (Phi) is 3.03. The van der Waals surface area contributed by atoms with Crippen LogP contribution in [-0.4, -0.2) is 19.2 Å². The molecule has 0 bridgehead atoms. The van der Waals surface area contributed by atoms with E-state index in [0.29, 0.717) is 5.57 Å². The predicted molar refractivity (Wildman–Crippen MR) is 54.1 cm³/mol. The molecule has 0 unspecified atom stereocenters. The van der Waals surface area contributed by atoms with Crippen molar-refractivity contribution in [3.05, 3.63) is 36.0 Å². The van der Waals surface area contributed by atoms with Gasteiger partial charge in [-0.25, -0.2) is 0 Å². The molecule has 0 aromatic heterocycles. The largest absolute Gasteiger partial charge is 0.366 e. The van der Waals surface area contributed by atoms with Gasteiger partial charge in [-0.15, -0.1) is 0 Å². The molecule has 0 saturated heterocycles. The molecular weight excluding hydrogens is 202 g/mol. The van der Waals surface area contributed by atoms with E-state index in [1.165, 1.54) is 12.2 Å². The Morgan fingerprint density at radius 2 is 2.07 bits per heavy atom. The number of rotatable bonds is 2. The smallest absolute Gasteiger partial charge is 0.248 e. The van der Waals surface area contributed by atoms with E-state index in [2.05, 4.69) is 6.58 Å². The van der Waals surface area contributed by atoms with Crippen LogP contribution in [0.2, 0.25) is 0 Å². The van der Waals surface area contributed by atoms with E-state index in [-0.39, 0.29) is 16.9 Å². The van der Waals surface area contributed by atoms with Crippen molar-refractivity contribution in [1.82, 2.24) is 0 Å². The zero-order valence-electron chi connectivity index (χ0n) is 7.36. The highest BCUT2D eigenvalue weighted by Crippen LogP contribution is 2.14. The van der Waals surface area contributed by atoms with E-state index >= 15 is 0 Å². The lowest BCUT2D eigenvalue weighted by Gasteiger charge is -2.06. The first-order valence-electron chi connectivity index (χ1n) is 3.84. The van der Waals surface area contributed by atoms with E-state index < -0.39 is 16.2 Å². The standard InChI is InChI=1S/C9H9NO3S/c1-6(9(10)11)7-2-4-8(5-3-7)14(12)13/h2-4H,1,5H2,(H2,10,11). The summed E-state index contributed by atoms with van der Waals surface area (Å²) in [6, 6.07) is 0. The lowest BCUT2D eigenvalue weighted by Crippen LogP contribution is -2.15. The zero-order valence-corrected chi connectivity index (χ0v) is 8.17. The summed E-state index contributed by atoms with van der Waals surface area (Å²) in [6.45, 7) is 3.49. The van der Waals surface area contributed by atoms with Crippen molar-refractivity contribution < 1.29 is 13.2 Å². The predicted octanol–water partition coefficient (Wildman–Crippen LogP) is -0.0343. The summed E-state index contributed by atoms with van der Waals surface area (Å²) < 4.78 is 21.1. The van der Waals surface area contributed by atoms with Gasteiger partial charge < -0.3 is 5.73 Å². The maximum Gasteiger partial charge on any atom is 0.248 e. The SMILES string of the molecule is C=C(C(N)=O)C1=CCC(=S(=O)=O)C=C1. The van der Waals surface area contributed by atoms with Gasteiger partial charge in [0.2, 0.25) is 16.2 Å². The van der Waals surface area contributed by atoms with Crippen LogP contribution in [0, 0.1) is 0 Å². The van der Waals surface area contributed by atoms with Crippen LogP contribution in [0.25, 0.3) is 0 Å². The maximum atomic E-state index is 10.7. The zero-order chi connectivity index (χ0) is 10.7. The Labute approximate surface area is 82.9 Å². The fourth-order valence-corrected chi connectivity index (χ4v) is 1.42. The minimum absolute atomic E-state index is 0.192. The maximum absolute atomic E-state index is 10.7. The van der Waals surface area contributed by atoms with Gasteiger partial charge >= 0.3 is 0 Å². The van der Waals surface area contributed by atoms with Gasteiger partial charge in [0.25, 0.3) is 0 Å². The first-order valence-corrected chi connectivity index (χ1v) is 4.92. The number of hydrogen-bond donors (Lipinski definition) is 1. The third-order valence-corrected chi connectivity index (χ3v) is 2.56. The van der Waals surface area contributed by atoms with Crippen LogP contribution in [0.1, 0.15) is 6.42 Å². The van der Waals surface area contributed by atoms with Gasteiger partial charge in [-0.1, -0.05) is 18.7 Å². The van der Waals surface area contributed by atoms with Crippen molar-refractivity contribution in [2.75, 3.05) is 0 Å². The third kappa shape index (κ3) is 2.20. The van der Waals surface area contributed by atoms with Crippen LogP contribution in [0.3, 0.4) is 0 Å². The topological polar surface area (TPSA) is 77.2 Å². The number of carbonyl (C=O) groups excluding carboxylic acids is 1. The van der Waals surface area contributed by atoms with Crippen LogP contribution in [0.5, 0.6) is 0 Å². The molecule has 4 nitrogen and oxygen atoms in total. The Balaban J connectivity index is 2.95. The van der Waals surface area contributed by atoms with Crippen LogP contribution in [0.4, 0.5) is 0 Å². The molecule has 0 spiro atoms. The molecular formula is C9H9NO3S. The van der Waals surface area contributed by atoms with E-state index in [1.807, 2.05) is 0 Å². The van der Waals surface area contributed by atoms with Gasteiger partial charge in [0.05, 0.1) is 4.86 Å². The lowest BCUT2D eigenvalue weighted by molar-refractivity contribution is -0.114. The van der Waals surface area contributed by atoms with Crippen molar-refractivity contribution >= 4 is 21.1 Å². The molecule has 5 heteroatoms. The Hall–Kier alpha value is -1.62. The molecule has 1 aliphatic rings. The molecule has 0 heterocycles. The number of carbonyl (C=O) groups is 1. The van der Waals surface area contributed by atoms with E-state index in [9.17, 15) is 13.2 Å². The molecule has 0 radical (unpaired) electrons. The summed E-state index contributed by atoms with van der Waals surface area (Å²) in [5.41, 5.74) is 5.79. The highest BCUT2D eigenvalue weighted by atomic mass is 32.2. The summed E-state index contributed by atoms with van der Waals surface area (Å²) in [5, 5.41) is 0. The molecule has 14 heavy (non-hydrogen) atoms. The van der Waals surface area contributed by atoms with Crippen molar-refractivity contribution in [3.8, 4) is 0 Å². The second-order valence-electron chi connectivity index (χ2n) is 2.74. The summed E-state index contributed by atoms with van der Waals surface area (Å²) in [4.78, 5) is 11.0. The fraction of sp³-hybridized carbons (Fsp3) is 0.111. The molecule has 1 rings (SSSR count). The highest BCUT2D eigenvalue weighted by Gasteiger charge is 2.09. The van der Waals surface area contributed by atoms with E-state index in [1.54, 1.807) is 6.08 Å². The molecule has 0 aromatic rings. The van der Waals surface area contributed by atoms with Crippen LogP contribution in [-0.2, 0) is 15.1 Å². The number of primary amides is 1. The molecule has 0 fully saturated rings. The molecule has 0 aliphatic heterocycles. The Bertz CT molecular complexity index is 472. The Morgan fingerprint density at radius 1 is 1.43 bits per heavy atom. The fourth-order valence-electron chi connectivity index (χ4n) is 1.02. The average Bonchev–Trinajstić information content (AvgIpc) is 2.16. The second kappa shape index (κ2) is 4.06. The number of amides is 1. The minimum Gasteiger partial charge on any atom is -0.366 e. The van der Waals surface area contributed by atoms with Crippen molar-refractivity contribution in [2.24, 2.45) is 5.73 Å². The Morgan fingerprint density at radius 3 is 2.43 bits per heavy atom. The van der Waals surface area contributed by atoms with Gasteiger partial charge in [0, 0.05) is 12.0 Å². The van der Waals surface area contributed by atoms with E-state index in [0.717, 1.165) is 0 Å². The van der Waals surface area contributed by atoms with Crippen molar-refractivity contribution in [1.29, 1.82) is 0 Å². The third-order valence-electron chi connectivity index (χ3n) is 1.83. The van der Waals surface area contributed by atoms with Gasteiger partial charge in [-0.2, -0.15) is 8.42 Å². The molecule has 0 aromatic carbocycles. The number of allylic oxidation sites excluding steroid dienone is 3. The van der Waals surface area contributed by atoms with Gasteiger partial charge in [0.15, 0.2) is 0 Å². The molecule has 1 aliphatic carbocycles. The summed E-state index contributed by atoms with van der Waals surface area (Å²) in [6.07, 6.45) is 4.83. The van der Waals surface area contributed by atoms with E-state index in [4.69, 9.17) is 5.73 Å². The summed E-state index contributed by atoms with van der Waals surface area (Å²) in [7, 11) is -2.20. The quantitative estimate of drug-likeness (QED) is 0.514. The number of hydrogen-bond acceptors (Lipinski definition) is 3. The first kappa shape index (κ1) is 10.5. The first-order chi connectivity index (χ1) is 6.52. The molecule has 2 N–H and O–H groups in total. The van der Waals surface area contributed by atoms with Gasteiger partial charge in [0.1, 0.15) is 0 Å². The monoisotopic (exact) mass is 211 g/mol. The van der Waals surface area contributed by atoms with Crippen LogP contribution in [0.15, 0.2) is 36.0 Å². The average molecular weight is 211 g/mol. The molecule has 1 amide bonds. The summed E-state index contributed by atoms with van der Waals surface area (Å²) in [5.74, 6) is -0.604. The summed E-state index contributed by atoms with van der Waals surface area (Å²) >= 11 is 0. The molecule has 0 atom stereocenters. The van der Waals surface area contributed by atoms with Crippen LogP contribution < -0.4 is 5.73 Å². The highest BCUT2D eigenvalue weighted by molar-refractivity contribution is 7.73.